The molecule has 0 radical (unpaired) electrons. The van der Waals surface area contributed by atoms with Gasteiger partial charge in [0.15, 0.2) is 0 Å². The molecule has 2 amide bonds. The van der Waals surface area contributed by atoms with Crippen LogP contribution < -0.4 is 11.5 Å². The molecule has 1 fully saturated rings. The highest BCUT2D eigenvalue weighted by molar-refractivity contribution is 5.86. The number of carbonyl (C=O) groups is 2. The Bertz CT molecular complexity index is 181. The first kappa shape index (κ1) is 9.03. The SMILES string of the molecule is NC(=O)[C@H]1CCCC[C@@H]1C(N)=O. The number of nitrogens with two attached hydrogens (primary N) is 2. The van der Waals surface area contributed by atoms with Gasteiger partial charge in [-0.15, -0.1) is 0 Å². The highest BCUT2D eigenvalue weighted by atomic mass is 16.2. The maximum atomic E-state index is 10.9. The Balaban J connectivity index is 2.67. The average Bonchev–Trinajstić information content (AvgIpc) is 2.04. The van der Waals surface area contributed by atoms with Crippen molar-refractivity contribution in [1.29, 1.82) is 0 Å². The summed E-state index contributed by atoms with van der Waals surface area (Å²) >= 11 is 0. The molecule has 0 saturated heterocycles. The molecule has 0 aliphatic heterocycles. The van der Waals surface area contributed by atoms with E-state index < -0.39 is 11.8 Å². The van der Waals surface area contributed by atoms with Crippen LogP contribution in [0.4, 0.5) is 0 Å². The maximum Gasteiger partial charge on any atom is 0.221 e. The first-order valence-corrected chi connectivity index (χ1v) is 4.21. The molecule has 1 rings (SSSR count). The van der Waals surface area contributed by atoms with Gasteiger partial charge in [0.2, 0.25) is 11.8 Å². The van der Waals surface area contributed by atoms with E-state index in [2.05, 4.69) is 0 Å². The molecule has 12 heavy (non-hydrogen) atoms. The zero-order valence-corrected chi connectivity index (χ0v) is 6.95. The van der Waals surface area contributed by atoms with E-state index in [-0.39, 0.29) is 11.8 Å². The second-order valence-electron chi connectivity index (χ2n) is 3.30. The third-order valence-corrected chi connectivity index (χ3v) is 2.50. The summed E-state index contributed by atoms with van der Waals surface area (Å²) in [6.45, 7) is 0. The lowest BCUT2D eigenvalue weighted by Crippen LogP contribution is -2.39. The van der Waals surface area contributed by atoms with Crippen LogP contribution in [0.15, 0.2) is 0 Å². The molecule has 0 bridgehead atoms. The third kappa shape index (κ3) is 1.75. The van der Waals surface area contributed by atoms with Crippen molar-refractivity contribution < 1.29 is 9.59 Å². The van der Waals surface area contributed by atoms with Gasteiger partial charge in [-0.2, -0.15) is 0 Å². The summed E-state index contributed by atoms with van der Waals surface area (Å²) in [5.74, 6) is -1.43. The van der Waals surface area contributed by atoms with Crippen molar-refractivity contribution in [2.24, 2.45) is 23.3 Å². The van der Waals surface area contributed by atoms with Crippen molar-refractivity contribution in [2.45, 2.75) is 25.7 Å². The van der Waals surface area contributed by atoms with Crippen molar-refractivity contribution in [3.05, 3.63) is 0 Å². The molecular formula is C8H14N2O2. The van der Waals surface area contributed by atoms with Crippen molar-refractivity contribution in [3.63, 3.8) is 0 Å². The molecule has 0 aromatic heterocycles. The van der Waals surface area contributed by atoms with Crippen molar-refractivity contribution in [3.8, 4) is 0 Å². The predicted molar refractivity (Wildman–Crippen MR) is 43.8 cm³/mol. The van der Waals surface area contributed by atoms with E-state index in [4.69, 9.17) is 11.5 Å². The largest absolute Gasteiger partial charge is 0.369 e. The summed E-state index contributed by atoms with van der Waals surface area (Å²) in [6, 6.07) is 0. The van der Waals surface area contributed by atoms with Crippen molar-refractivity contribution in [1.82, 2.24) is 0 Å². The molecule has 0 aromatic carbocycles. The first-order chi connectivity index (χ1) is 5.63. The molecule has 68 valence electrons. The molecule has 4 N–H and O–H groups in total. The summed E-state index contributed by atoms with van der Waals surface area (Å²) in [4.78, 5) is 21.8. The average molecular weight is 170 g/mol. The molecule has 0 unspecified atom stereocenters. The van der Waals surface area contributed by atoms with Crippen LogP contribution in [-0.4, -0.2) is 11.8 Å². The molecule has 0 aromatic rings. The molecule has 1 aliphatic carbocycles. The van der Waals surface area contributed by atoms with Crippen LogP contribution in [0.25, 0.3) is 0 Å². The minimum Gasteiger partial charge on any atom is -0.369 e. The lowest BCUT2D eigenvalue weighted by molar-refractivity contribution is -0.133. The van der Waals surface area contributed by atoms with E-state index in [1.54, 1.807) is 0 Å². The van der Waals surface area contributed by atoms with Gasteiger partial charge in [0.25, 0.3) is 0 Å². The Morgan fingerprint density at radius 1 is 0.917 bits per heavy atom. The van der Waals surface area contributed by atoms with Gasteiger partial charge in [-0.3, -0.25) is 9.59 Å². The van der Waals surface area contributed by atoms with Crippen LogP contribution in [-0.2, 0) is 9.59 Å². The Hall–Kier alpha value is -1.06. The molecule has 4 heteroatoms. The number of hydrogen-bond acceptors (Lipinski definition) is 2. The normalized spacial score (nSPS) is 29.7. The predicted octanol–water partition coefficient (Wildman–Crippen LogP) is -0.237. The van der Waals surface area contributed by atoms with Crippen molar-refractivity contribution >= 4 is 11.8 Å². The van der Waals surface area contributed by atoms with Crippen LogP contribution >= 0.6 is 0 Å². The van der Waals surface area contributed by atoms with Gasteiger partial charge in [-0.1, -0.05) is 12.8 Å². The maximum absolute atomic E-state index is 10.9. The lowest BCUT2D eigenvalue weighted by Gasteiger charge is -2.26. The minimum absolute atomic E-state index is 0.323. The Morgan fingerprint density at radius 2 is 1.25 bits per heavy atom. The van der Waals surface area contributed by atoms with Gasteiger partial charge in [0.05, 0.1) is 0 Å². The lowest BCUT2D eigenvalue weighted by atomic mass is 9.78. The third-order valence-electron chi connectivity index (χ3n) is 2.50. The Labute approximate surface area is 71.3 Å². The van der Waals surface area contributed by atoms with E-state index >= 15 is 0 Å². The second kappa shape index (κ2) is 3.56. The second-order valence-corrected chi connectivity index (χ2v) is 3.30. The fourth-order valence-electron chi connectivity index (χ4n) is 1.81. The van der Waals surface area contributed by atoms with Crippen LogP contribution in [0, 0.1) is 11.8 Å². The molecule has 1 aliphatic rings. The van der Waals surface area contributed by atoms with E-state index in [1.807, 2.05) is 0 Å². The van der Waals surface area contributed by atoms with E-state index in [0.29, 0.717) is 12.8 Å². The Kier molecular flexibility index (Phi) is 2.68. The standard InChI is InChI=1S/C8H14N2O2/c9-7(11)5-3-1-2-4-6(5)8(10)12/h5-6H,1-4H2,(H2,9,11)(H2,10,12)/t5-,6-/m0/s1. The summed E-state index contributed by atoms with van der Waals surface area (Å²) in [7, 11) is 0. The van der Waals surface area contributed by atoms with Gasteiger partial charge in [0, 0.05) is 11.8 Å². The van der Waals surface area contributed by atoms with Crippen LogP contribution in [0.2, 0.25) is 0 Å². The Morgan fingerprint density at radius 3 is 1.50 bits per heavy atom. The van der Waals surface area contributed by atoms with Crippen LogP contribution in [0.1, 0.15) is 25.7 Å². The zero-order valence-electron chi connectivity index (χ0n) is 6.95. The topological polar surface area (TPSA) is 86.2 Å². The van der Waals surface area contributed by atoms with E-state index in [9.17, 15) is 9.59 Å². The van der Waals surface area contributed by atoms with Gasteiger partial charge >= 0.3 is 0 Å². The van der Waals surface area contributed by atoms with Crippen LogP contribution in [0.5, 0.6) is 0 Å². The van der Waals surface area contributed by atoms with Gasteiger partial charge in [-0.05, 0) is 12.8 Å². The number of hydrogen-bond donors (Lipinski definition) is 2. The van der Waals surface area contributed by atoms with Crippen molar-refractivity contribution in [2.75, 3.05) is 0 Å². The zero-order chi connectivity index (χ0) is 9.14. The van der Waals surface area contributed by atoms with E-state index in [1.165, 1.54) is 0 Å². The fraction of sp³-hybridized carbons (Fsp3) is 0.750. The van der Waals surface area contributed by atoms with Crippen LogP contribution in [0.3, 0.4) is 0 Å². The highest BCUT2D eigenvalue weighted by Gasteiger charge is 2.32. The van der Waals surface area contributed by atoms with E-state index in [0.717, 1.165) is 12.8 Å². The minimum atomic E-state index is -0.390. The quantitative estimate of drug-likeness (QED) is 0.599. The molecule has 2 atom stereocenters. The number of rotatable bonds is 2. The smallest absolute Gasteiger partial charge is 0.221 e. The highest BCUT2D eigenvalue weighted by Crippen LogP contribution is 2.29. The first-order valence-electron chi connectivity index (χ1n) is 4.21. The monoisotopic (exact) mass is 170 g/mol. The molecule has 0 spiro atoms. The summed E-state index contributed by atoms with van der Waals surface area (Å²) in [6.07, 6.45) is 3.36. The summed E-state index contributed by atoms with van der Waals surface area (Å²) in [5.41, 5.74) is 10.3. The number of primary amides is 2. The molecular weight excluding hydrogens is 156 g/mol. The van der Waals surface area contributed by atoms with Gasteiger partial charge in [0.1, 0.15) is 0 Å². The number of carbonyl (C=O) groups excluding carboxylic acids is 2. The summed E-state index contributed by atoms with van der Waals surface area (Å²) in [5, 5.41) is 0. The van der Waals surface area contributed by atoms with Gasteiger partial charge < -0.3 is 11.5 Å². The summed E-state index contributed by atoms with van der Waals surface area (Å²) < 4.78 is 0. The van der Waals surface area contributed by atoms with Gasteiger partial charge in [-0.25, -0.2) is 0 Å². The fourth-order valence-corrected chi connectivity index (χ4v) is 1.81. The molecule has 1 saturated carbocycles. The molecule has 4 nitrogen and oxygen atoms in total. The number of amides is 2. The molecule has 0 heterocycles.